The Morgan fingerprint density at radius 2 is 1.96 bits per heavy atom. The summed E-state index contributed by atoms with van der Waals surface area (Å²) < 4.78 is 4.91. The third-order valence-corrected chi connectivity index (χ3v) is 4.17. The van der Waals surface area contributed by atoms with Crippen molar-refractivity contribution < 1.29 is 14.3 Å². The Balaban J connectivity index is 1.91. The fraction of sp³-hybridized carbons (Fsp3) is 0.556. The van der Waals surface area contributed by atoms with Gasteiger partial charge in [0.25, 0.3) is 0 Å². The molecule has 5 heteroatoms. The summed E-state index contributed by atoms with van der Waals surface area (Å²) in [6, 6.07) is 9.97. The van der Waals surface area contributed by atoms with E-state index in [1.54, 1.807) is 4.90 Å². The van der Waals surface area contributed by atoms with Crippen LogP contribution in [0.15, 0.2) is 30.3 Å². The number of hydrogen-bond acceptors (Lipinski definition) is 3. The quantitative estimate of drug-likeness (QED) is 0.840. The van der Waals surface area contributed by atoms with Crippen LogP contribution >= 0.6 is 0 Å². The van der Waals surface area contributed by atoms with Crippen molar-refractivity contribution in [1.82, 2.24) is 10.2 Å². The molecule has 1 N–H and O–H groups in total. The number of nitrogens with zero attached hydrogens (tertiary/aromatic N) is 1. The molecule has 0 aromatic heterocycles. The lowest BCUT2D eigenvalue weighted by Gasteiger charge is -2.25. The number of nitrogens with one attached hydrogen (secondary N) is 1. The van der Waals surface area contributed by atoms with Gasteiger partial charge in [-0.15, -0.1) is 0 Å². The first-order valence-electron chi connectivity index (χ1n) is 8.23. The molecular weight excluding hydrogens is 292 g/mol. The molecule has 2 atom stereocenters. The molecule has 23 heavy (non-hydrogen) atoms. The molecule has 0 bridgehead atoms. The van der Waals surface area contributed by atoms with Gasteiger partial charge in [-0.25, -0.2) is 4.79 Å². The van der Waals surface area contributed by atoms with Gasteiger partial charge in [0.2, 0.25) is 5.91 Å². The van der Waals surface area contributed by atoms with Crippen LogP contribution < -0.4 is 5.32 Å². The molecule has 2 amide bonds. The predicted octanol–water partition coefficient (Wildman–Crippen LogP) is 2.46. The van der Waals surface area contributed by atoms with E-state index in [1.165, 1.54) is 0 Å². The largest absolute Gasteiger partial charge is 0.448 e. The second-order valence-electron chi connectivity index (χ2n) is 6.51. The third kappa shape index (κ3) is 4.98. The van der Waals surface area contributed by atoms with Gasteiger partial charge < -0.3 is 15.0 Å². The zero-order valence-corrected chi connectivity index (χ0v) is 14.1. The Morgan fingerprint density at radius 1 is 1.26 bits per heavy atom. The van der Waals surface area contributed by atoms with Crippen LogP contribution in [0.3, 0.4) is 0 Å². The van der Waals surface area contributed by atoms with E-state index in [1.807, 2.05) is 37.3 Å². The normalized spacial score (nSPS) is 17.0. The van der Waals surface area contributed by atoms with Crippen LogP contribution in [0.5, 0.6) is 0 Å². The maximum absolute atomic E-state index is 12.6. The van der Waals surface area contributed by atoms with Crippen molar-refractivity contribution in [2.24, 2.45) is 11.8 Å². The van der Waals surface area contributed by atoms with Gasteiger partial charge in [0.1, 0.15) is 6.61 Å². The van der Waals surface area contributed by atoms with Crippen LogP contribution in [0.1, 0.15) is 26.3 Å². The molecule has 0 saturated carbocycles. The molecule has 1 fully saturated rings. The first-order valence-corrected chi connectivity index (χ1v) is 8.23. The molecule has 1 aliphatic heterocycles. The first kappa shape index (κ1) is 17.3. The molecule has 0 unspecified atom stereocenters. The molecule has 0 aliphatic carbocycles. The Hall–Kier alpha value is -2.04. The van der Waals surface area contributed by atoms with Gasteiger partial charge in [-0.05, 0) is 24.8 Å². The van der Waals surface area contributed by atoms with Crippen molar-refractivity contribution in [2.75, 3.05) is 19.7 Å². The molecule has 126 valence electrons. The van der Waals surface area contributed by atoms with Gasteiger partial charge in [-0.2, -0.15) is 0 Å². The summed E-state index contributed by atoms with van der Waals surface area (Å²) in [6.45, 7) is 7.56. The smallest absolute Gasteiger partial charge is 0.410 e. The number of hydrogen-bond donors (Lipinski definition) is 1. The molecule has 0 spiro atoms. The predicted molar refractivity (Wildman–Crippen MR) is 89.0 cm³/mol. The number of carbonyl (C=O) groups excluding carboxylic acids is 2. The highest BCUT2D eigenvalue weighted by atomic mass is 16.6. The van der Waals surface area contributed by atoms with Gasteiger partial charge in [-0.1, -0.05) is 44.2 Å². The fourth-order valence-electron chi connectivity index (χ4n) is 2.82. The molecule has 1 aliphatic rings. The van der Waals surface area contributed by atoms with Crippen LogP contribution in [-0.4, -0.2) is 42.6 Å². The van der Waals surface area contributed by atoms with E-state index in [0.29, 0.717) is 19.7 Å². The summed E-state index contributed by atoms with van der Waals surface area (Å²) in [5, 5.41) is 3.04. The van der Waals surface area contributed by atoms with Crippen molar-refractivity contribution in [3.8, 4) is 0 Å². The Labute approximate surface area is 138 Å². The van der Waals surface area contributed by atoms with E-state index < -0.39 is 0 Å². The number of amides is 2. The maximum Gasteiger partial charge on any atom is 0.410 e. The van der Waals surface area contributed by atoms with E-state index in [4.69, 9.17) is 4.74 Å². The van der Waals surface area contributed by atoms with Crippen molar-refractivity contribution in [2.45, 2.75) is 33.2 Å². The summed E-state index contributed by atoms with van der Waals surface area (Å²) in [6.07, 6.45) is 0.429. The number of cyclic esters (lactones) is 1. The highest BCUT2D eigenvalue weighted by Gasteiger charge is 2.27. The molecule has 1 heterocycles. The minimum Gasteiger partial charge on any atom is -0.448 e. The molecule has 1 aromatic carbocycles. The van der Waals surface area contributed by atoms with Crippen LogP contribution in [0.25, 0.3) is 0 Å². The van der Waals surface area contributed by atoms with Gasteiger partial charge in [0.05, 0.1) is 6.54 Å². The fourth-order valence-corrected chi connectivity index (χ4v) is 2.82. The van der Waals surface area contributed by atoms with Gasteiger partial charge >= 0.3 is 6.09 Å². The Bertz CT molecular complexity index is 530. The van der Waals surface area contributed by atoms with Crippen LogP contribution in [0, 0.1) is 11.8 Å². The van der Waals surface area contributed by atoms with Crippen LogP contribution in [0.4, 0.5) is 4.79 Å². The standard InChI is InChI=1S/C18H26N2O3/c1-13(2)16(11-15-7-5-4-6-8-15)17(21)19-14(3)12-20-9-10-23-18(20)22/h4-8,13-14,16H,9-12H2,1-3H3,(H,19,21)/t14-,16-/m0/s1. The lowest BCUT2D eigenvalue weighted by Crippen LogP contribution is -2.45. The molecule has 1 aromatic rings. The molecule has 0 radical (unpaired) electrons. The SMILES string of the molecule is CC(C)[C@H](Cc1ccccc1)C(=O)N[C@@H](C)CN1CCOC1=O. The summed E-state index contributed by atoms with van der Waals surface area (Å²) in [5.41, 5.74) is 1.16. The van der Waals surface area contributed by atoms with Crippen LogP contribution in [0.2, 0.25) is 0 Å². The lowest BCUT2D eigenvalue weighted by molar-refractivity contribution is -0.127. The number of ether oxygens (including phenoxy) is 1. The summed E-state index contributed by atoms with van der Waals surface area (Å²) in [7, 11) is 0. The maximum atomic E-state index is 12.6. The van der Waals surface area contributed by atoms with E-state index in [2.05, 4.69) is 19.2 Å². The zero-order valence-electron chi connectivity index (χ0n) is 14.1. The average molecular weight is 318 g/mol. The first-order chi connectivity index (χ1) is 11.0. The van der Waals surface area contributed by atoms with Crippen molar-refractivity contribution in [3.63, 3.8) is 0 Å². The number of carbonyl (C=O) groups is 2. The molecule has 2 rings (SSSR count). The van der Waals surface area contributed by atoms with E-state index in [0.717, 1.165) is 12.0 Å². The third-order valence-electron chi connectivity index (χ3n) is 4.17. The van der Waals surface area contributed by atoms with Gasteiger partial charge in [0, 0.05) is 18.5 Å². The van der Waals surface area contributed by atoms with E-state index >= 15 is 0 Å². The molecule has 1 saturated heterocycles. The second kappa shape index (κ2) is 7.99. The van der Waals surface area contributed by atoms with Crippen molar-refractivity contribution in [3.05, 3.63) is 35.9 Å². The van der Waals surface area contributed by atoms with Gasteiger partial charge in [-0.3, -0.25) is 4.79 Å². The summed E-state index contributed by atoms with van der Waals surface area (Å²) in [4.78, 5) is 25.7. The van der Waals surface area contributed by atoms with Crippen LogP contribution in [-0.2, 0) is 16.0 Å². The highest BCUT2D eigenvalue weighted by Crippen LogP contribution is 2.18. The average Bonchev–Trinajstić information content (AvgIpc) is 2.90. The minimum absolute atomic E-state index is 0.0453. The number of rotatable bonds is 7. The molecule has 5 nitrogen and oxygen atoms in total. The summed E-state index contributed by atoms with van der Waals surface area (Å²) >= 11 is 0. The van der Waals surface area contributed by atoms with Gasteiger partial charge in [0.15, 0.2) is 0 Å². The lowest BCUT2D eigenvalue weighted by atomic mass is 9.88. The second-order valence-corrected chi connectivity index (χ2v) is 6.51. The zero-order chi connectivity index (χ0) is 16.8. The number of benzene rings is 1. The van der Waals surface area contributed by atoms with Crippen molar-refractivity contribution in [1.29, 1.82) is 0 Å². The summed E-state index contributed by atoms with van der Waals surface area (Å²) in [5.74, 6) is 0.216. The monoisotopic (exact) mass is 318 g/mol. The Morgan fingerprint density at radius 3 is 2.52 bits per heavy atom. The highest BCUT2D eigenvalue weighted by molar-refractivity contribution is 5.79. The Kier molecular flexibility index (Phi) is 6.02. The topological polar surface area (TPSA) is 58.6 Å². The van der Waals surface area contributed by atoms with E-state index in [9.17, 15) is 9.59 Å². The van der Waals surface area contributed by atoms with E-state index in [-0.39, 0.29) is 29.9 Å². The molecular formula is C18H26N2O3. The minimum atomic E-state index is -0.296. The van der Waals surface area contributed by atoms with Crippen molar-refractivity contribution >= 4 is 12.0 Å².